The summed E-state index contributed by atoms with van der Waals surface area (Å²) in [6, 6.07) is 6.17. The molecule has 3 rings (SSSR count). The Bertz CT molecular complexity index is 735. The van der Waals surface area contributed by atoms with Crippen LogP contribution in [0, 0.1) is 0 Å². The van der Waals surface area contributed by atoms with Gasteiger partial charge in [-0.05, 0) is 60.9 Å². The van der Waals surface area contributed by atoms with Gasteiger partial charge in [0.25, 0.3) is 0 Å². The fourth-order valence-corrected chi connectivity index (χ4v) is 4.24. The number of anilines is 1. The largest absolute Gasteiger partial charge is 0.478 e. The summed E-state index contributed by atoms with van der Waals surface area (Å²) in [6.45, 7) is 8.66. The Hall–Kier alpha value is -2.12. The number of unbranched alkanes of at least 4 members (excludes halogenated alkanes) is 1. The van der Waals surface area contributed by atoms with Crippen LogP contribution < -0.4 is 15.4 Å². The minimum Gasteiger partial charge on any atom is -0.478 e. The molecule has 0 aromatic carbocycles. The van der Waals surface area contributed by atoms with Crippen molar-refractivity contribution in [3.05, 3.63) is 39.6 Å². The second kappa shape index (κ2) is 13.2. The Morgan fingerprint density at radius 2 is 2.14 bits per heavy atom. The first kappa shape index (κ1) is 23.2. The number of thiophene rings is 1. The van der Waals surface area contributed by atoms with Crippen LogP contribution in [0.1, 0.15) is 42.7 Å². The third-order valence-corrected chi connectivity index (χ3v) is 5.84. The third kappa shape index (κ3) is 7.33. The SMILES string of the molecule is CC.CNc1nc(OCCCCN2CCc3sccc3C2)ccc1CCNC=O. The first-order valence-corrected chi connectivity index (χ1v) is 11.4. The van der Waals surface area contributed by atoms with Gasteiger partial charge in [0.1, 0.15) is 5.82 Å². The maximum absolute atomic E-state index is 10.4. The predicted molar refractivity (Wildman–Crippen MR) is 121 cm³/mol. The molecule has 0 atom stereocenters. The van der Waals surface area contributed by atoms with Crippen LogP contribution in [0.5, 0.6) is 5.88 Å². The summed E-state index contributed by atoms with van der Waals surface area (Å²) in [5, 5.41) is 7.98. The molecule has 0 radical (unpaired) electrons. The number of carbonyl (C=O) groups is 1. The van der Waals surface area contributed by atoms with E-state index in [0.29, 0.717) is 25.4 Å². The number of nitrogens with one attached hydrogen (secondary N) is 2. The summed E-state index contributed by atoms with van der Waals surface area (Å²) in [7, 11) is 1.85. The van der Waals surface area contributed by atoms with Crippen molar-refractivity contribution in [2.75, 3.05) is 38.6 Å². The van der Waals surface area contributed by atoms with Gasteiger partial charge in [0.15, 0.2) is 0 Å². The molecular formula is C22H34N4O2S. The molecule has 160 valence electrons. The number of hydrogen-bond donors (Lipinski definition) is 2. The molecule has 29 heavy (non-hydrogen) atoms. The quantitative estimate of drug-likeness (QED) is 0.430. The molecule has 0 bridgehead atoms. The summed E-state index contributed by atoms with van der Waals surface area (Å²) in [6.07, 6.45) is 4.80. The summed E-state index contributed by atoms with van der Waals surface area (Å²) in [4.78, 5) is 19.0. The second-order valence-corrected chi connectivity index (χ2v) is 7.68. The van der Waals surface area contributed by atoms with E-state index in [-0.39, 0.29) is 0 Å². The van der Waals surface area contributed by atoms with Gasteiger partial charge in [0, 0.05) is 37.6 Å². The first-order valence-electron chi connectivity index (χ1n) is 10.5. The Balaban J connectivity index is 0.00000145. The highest BCUT2D eigenvalue weighted by Crippen LogP contribution is 2.24. The van der Waals surface area contributed by atoms with Crippen LogP contribution in [0.3, 0.4) is 0 Å². The molecule has 2 N–H and O–H groups in total. The van der Waals surface area contributed by atoms with E-state index in [9.17, 15) is 4.79 Å². The van der Waals surface area contributed by atoms with Gasteiger partial charge in [0.2, 0.25) is 12.3 Å². The van der Waals surface area contributed by atoms with Crippen LogP contribution in [0.2, 0.25) is 0 Å². The maximum Gasteiger partial charge on any atom is 0.215 e. The smallest absolute Gasteiger partial charge is 0.215 e. The Kier molecular flexibility index (Phi) is 10.5. The fraction of sp³-hybridized carbons (Fsp3) is 0.545. The van der Waals surface area contributed by atoms with E-state index in [1.54, 1.807) is 4.88 Å². The van der Waals surface area contributed by atoms with Gasteiger partial charge in [-0.3, -0.25) is 9.69 Å². The molecule has 0 unspecified atom stereocenters. The average molecular weight is 419 g/mol. The van der Waals surface area contributed by atoms with E-state index in [2.05, 4.69) is 32.0 Å². The monoisotopic (exact) mass is 418 g/mol. The van der Waals surface area contributed by atoms with Crippen LogP contribution in [0.15, 0.2) is 23.6 Å². The number of ether oxygens (including phenoxy) is 1. The highest BCUT2D eigenvalue weighted by Gasteiger charge is 2.16. The zero-order chi connectivity index (χ0) is 20.9. The lowest BCUT2D eigenvalue weighted by Gasteiger charge is -2.26. The van der Waals surface area contributed by atoms with Gasteiger partial charge < -0.3 is 15.4 Å². The highest BCUT2D eigenvalue weighted by atomic mass is 32.1. The van der Waals surface area contributed by atoms with Gasteiger partial charge in [-0.25, -0.2) is 0 Å². The van der Waals surface area contributed by atoms with Crippen LogP contribution in [-0.4, -0.2) is 49.6 Å². The molecule has 1 amide bonds. The molecule has 0 spiro atoms. The summed E-state index contributed by atoms with van der Waals surface area (Å²) in [5.74, 6) is 1.45. The molecule has 2 aromatic rings. The van der Waals surface area contributed by atoms with E-state index in [1.165, 1.54) is 18.5 Å². The summed E-state index contributed by atoms with van der Waals surface area (Å²) >= 11 is 1.89. The zero-order valence-electron chi connectivity index (χ0n) is 17.9. The Morgan fingerprint density at radius 1 is 1.28 bits per heavy atom. The van der Waals surface area contributed by atoms with E-state index in [0.717, 1.165) is 43.7 Å². The van der Waals surface area contributed by atoms with Crippen molar-refractivity contribution in [3.63, 3.8) is 0 Å². The average Bonchev–Trinajstić information content (AvgIpc) is 3.23. The fourth-order valence-electron chi connectivity index (χ4n) is 3.35. The number of amides is 1. The third-order valence-electron chi connectivity index (χ3n) is 4.82. The molecule has 1 aliphatic rings. The first-order chi connectivity index (χ1) is 14.3. The number of aromatic nitrogens is 1. The van der Waals surface area contributed by atoms with Crippen LogP contribution >= 0.6 is 11.3 Å². The van der Waals surface area contributed by atoms with Gasteiger partial charge in [-0.15, -0.1) is 11.3 Å². The van der Waals surface area contributed by atoms with Gasteiger partial charge in [-0.1, -0.05) is 13.8 Å². The molecule has 0 saturated carbocycles. The Morgan fingerprint density at radius 3 is 2.93 bits per heavy atom. The molecule has 0 saturated heterocycles. The van der Waals surface area contributed by atoms with E-state index in [1.807, 2.05) is 44.4 Å². The van der Waals surface area contributed by atoms with Crippen molar-refractivity contribution in [2.45, 2.75) is 46.1 Å². The summed E-state index contributed by atoms with van der Waals surface area (Å²) in [5.41, 5.74) is 2.58. The number of pyridine rings is 1. The molecule has 2 aromatic heterocycles. The Labute approximate surface area is 178 Å². The number of rotatable bonds is 11. The minimum atomic E-state index is 0.601. The van der Waals surface area contributed by atoms with Crippen LogP contribution in [0.25, 0.3) is 0 Å². The lowest BCUT2D eigenvalue weighted by Crippen LogP contribution is -2.30. The number of hydrogen-bond acceptors (Lipinski definition) is 6. The van der Waals surface area contributed by atoms with Crippen molar-refractivity contribution in [3.8, 4) is 5.88 Å². The minimum absolute atomic E-state index is 0.601. The molecule has 7 heteroatoms. The van der Waals surface area contributed by atoms with Gasteiger partial charge >= 0.3 is 0 Å². The van der Waals surface area contributed by atoms with Crippen molar-refractivity contribution in [1.29, 1.82) is 0 Å². The zero-order valence-corrected chi connectivity index (χ0v) is 18.7. The van der Waals surface area contributed by atoms with Crippen molar-refractivity contribution in [1.82, 2.24) is 15.2 Å². The predicted octanol–water partition coefficient (Wildman–Crippen LogP) is 3.72. The molecule has 1 aliphatic heterocycles. The lowest BCUT2D eigenvalue weighted by atomic mass is 10.1. The number of carbonyl (C=O) groups excluding carboxylic acids is 1. The molecular weight excluding hydrogens is 384 g/mol. The normalized spacial score (nSPS) is 13.1. The van der Waals surface area contributed by atoms with Crippen LogP contribution in [0.4, 0.5) is 5.82 Å². The van der Waals surface area contributed by atoms with Crippen molar-refractivity contribution < 1.29 is 9.53 Å². The molecule has 0 fully saturated rings. The summed E-state index contributed by atoms with van der Waals surface area (Å²) < 4.78 is 5.82. The topological polar surface area (TPSA) is 66.5 Å². The van der Waals surface area contributed by atoms with Crippen molar-refractivity contribution in [2.24, 2.45) is 0 Å². The molecule has 0 aliphatic carbocycles. The molecule has 3 heterocycles. The van der Waals surface area contributed by atoms with E-state index in [4.69, 9.17) is 4.74 Å². The standard InChI is InChI=1S/C20H28N4O2S.C2H6/c1-21-20-16(6-9-22-15-25)4-5-19(23-20)26-12-3-2-10-24-11-7-18-17(14-24)8-13-27-18;1-2/h4-5,8,13,15H,2-3,6-7,9-12,14H2,1H3,(H,21,23)(H,22,25);1-2H3. The molecule has 6 nitrogen and oxygen atoms in total. The number of nitrogens with zero attached hydrogens (tertiary/aromatic N) is 2. The van der Waals surface area contributed by atoms with E-state index < -0.39 is 0 Å². The van der Waals surface area contributed by atoms with E-state index >= 15 is 0 Å². The van der Waals surface area contributed by atoms with Crippen LogP contribution in [-0.2, 0) is 24.2 Å². The second-order valence-electron chi connectivity index (χ2n) is 6.68. The number of fused-ring (bicyclic) bond motifs is 1. The maximum atomic E-state index is 10.4. The lowest BCUT2D eigenvalue weighted by molar-refractivity contribution is -0.109. The highest BCUT2D eigenvalue weighted by molar-refractivity contribution is 7.10. The van der Waals surface area contributed by atoms with Gasteiger partial charge in [0.05, 0.1) is 6.61 Å². The van der Waals surface area contributed by atoms with Crippen molar-refractivity contribution >= 4 is 23.6 Å². The van der Waals surface area contributed by atoms with Gasteiger partial charge in [-0.2, -0.15) is 4.98 Å².